The van der Waals surface area contributed by atoms with E-state index in [1.807, 2.05) is 0 Å². The molecule has 15 heavy (non-hydrogen) atoms. The Bertz CT molecular complexity index is 172. The molecule has 1 aliphatic rings. The van der Waals surface area contributed by atoms with Gasteiger partial charge in [0.2, 0.25) is 0 Å². The molecule has 1 fully saturated rings. The van der Waals surface area contributed by atoms with Crippen LogP contribution in [0.5, 0.6) is 0 Å². The zero-order valence-electron chi connectivity index (χ0n) is 10.6. The van der Waals surface area contributed by atoms with Crippen molar-refractivity contribution in [1.82, 2.24) is 4.90 Å². The highest BCUT2D eigenvalue weighted by molar-refractivity contribution is 4.80. The summed E-state index contributed by atoms with van der Waals surface area (Å²) in [6.45, 7) is 7.55. The third kappa shape index (κ3) is 3.46. The molecule has 0 aromatic rings. The predicted octanol–water partition coefficient (Wildman–Crippen LogP) is 3.01. The van der Waals surface area contributed by atoms with E-state index in [0.29, 0.717) is 6.04 Å². The summed E-state index contributed by atoms with van der Waals surface area (Å²) in [5, 5.41) is 10.0. The molecule has 3 atom stereocenters. The normalized spacial score (nSPS) is 30.2. The van der Waals surface area contributed by atoms with Crippen LogP contribution in [0.3, 0.4) is 0 Å². The van der Waals surface area contributed by atoms with Gasteiger partial charge in [-0.2, -0.15) is 0 Å². The van der Waals surface area contributed by atoms with Gasteiger partial charge in [0.1, 0.15) is 6.23 Å². The lowest BCUT2D eigenvalue weighted by Crippen LogP contribution is -2.45. The first-order valence-electron chi connectivity index (χ1n) is 6.64. The van der Waals surface area contributed by atoms with Crippen LogP contribution in [0.15, 0.2) is 0 Å². The lowest BCUT2D eigenvalue weighted by atomic mass is 9.95. The van der Waals surface area contributed by atoms with Crippen molar-refractivity contribution in [3.05, 3.63) is 0 Å². The molecule has 0 aliphatic heterocycles. The summed E-state index contributed by atoms with van der Waals surface area (Å²) in [5.74, 6) is 0.744. The molecular weight excluding hydrogens is 186 g/mol. The molecule has 1 aliphatic carbocycles. The molecule has 1 N–H and O–H groups in total. The number of hydrogen-bond donors (Lipinski definition) is 1. The summed E-state index contributed by atoms with van der Waals surface area (Å²) in [6.07, 6.45) is 7.29. The van der Waals surface area contributed by atoms with Gasteiger partial charge in [0.05, 0.1) is 0 Å². The van der Waals surface area contributed by atoms with Crippen molar-refractivity contribution in [2.75, 3.05) is 6.54 Å². The highest BCUT2D eigenvalue weighted by Crippen LogP contribution is 2.28. The molecule has 1 saturated carbocycles. The second-order valence-electron chi connectivity index (χ2n) is 4.90. The minimum Gasteiger partial charge on any atom is -0.378 e. The Labute approximate surface area is 94.7 Å². The largest absolute Gasteiger partial charge is 0.378 e. The third-order valence-corrected chi connectivity index (χ3v) is 3.86. The third-order valence-electron chi connectivity index (χ3n) is 3.86. The Morgan fingerprint density at radius 3 is 2.47 bits per heavy atom. The van der Waals surface area contributed by atoms with Gasteiger partial charge in [0.25, 0.3) is 0 Å². The number of rotatable bonds is 4. The van der Waals surface area contributed by atoms with E-state index in [0.717, 1.165) is 18.9 Å². The summed E-state index contributed by atoms with van der Waals surface area (Å²) in [7, 11) is 0. The van der Waals surface area contributed by atoms with Crippen molar-refractivity contribution in [3.8, 4) is 0 Å². The Morgan fingerprint density at radius 2 is 1.87 bits per heavy atom. The topological polar surface area (TPSA) is 23.5 Å². The molecule has 0 aromatic carbocycles. The highest BCUT2D eigenvalue weighted by Gasteiger charge is 2.28. The maximum atomic E-state index is 10.0. The first-order chi connectivity index (χ1) is 7.20. The molecule has 2 heteroatoms. The predicted molar refractivity (Wildman–Crippen MR) is 64.7 cm³/mol. The lowest BCUT2D eigenvalue weighted by Gasteiger charge is -2.37. The van der Waals surface area contributed by atoms with Crippen molar-refractivity contribution >= 4 is 0 Å². The Morgan fingerprint density at radius 1 is 1.20 bits per heavy atom. The Balaban J connectivity index is 2.62. The number of aliphatic hydroxyl groups is 1. The van der Waals surface area contributed by atoms with Crippen LogP contribution in [0, 0.1) is 5.92 Å². The van der Waals surface area contributed by atoms with Gasteiger partial charge in [-0.25, -0.2) is 0 Å². The molecule has 0 bridgehead atoms. The summed E-state index contributed by atoms with van der Waals surface area (Å²) >= 11 is 0. The fraction of sp³-hybridized carbons (Fsp3) is 1.00. The van der Waals surface area contributed by atoms with E-state index in [4.69, 9.17) is 0 Å². The first-order valence-corrected chi connectivity index (χ1v) is 6.64. The SMILES string of the molecule is CCC(O)N(CC)C1CCCCCC1C. The van der Waals surface area contributed by atoms with Gasteiger partial charge in [-0.1, -0.05) is 40.0 Å². The van der Waals surface area contributed by atoms with E-state index in [2.05, 4.69) is 25.7 Å². The molecule has 0 spiro atoms. The monoisotopic (exact) mass is 213 g/mol. The minimum absolute atomic E-state index is 0.236. The quantitative estimate of drug-likeness (QED) is 0.573. The van der Waals surface area contributed by atoms with E-state index in [1.54, 1.807) is 0 Å². The molecule has 0 heterocycles. The fourth-order valence-electron chi connectivity index (χ4n) is 2.87. The fourth-order valence-corrected chi connectivity index (χ4v) is 2.87. The van der Waals surface area contributed by atoms with Crippen LogP contribution in [-0.2, 0) is 0 Å². The summed E-state index contributed by atoms with van der Waals surface area (Å²) in [5.41, 5.74) is 0. The van der Waals surface area contributed by atoms with E-state index in [1.165, 1.54) is 32.1 Å². The molecule has 0 radical (unpaired) electrons. The van der Waals surface area contributed by atoms with E-state index in [9.17, 15) is 5.11 Å². The van der Waals surface area contributed by atoms with Gasteiger partial charge in [-0.15, -0.1) is 0 Å². The number of nitrogens with zero attached hydrogens (tertiary/aromatic N) is 1. The molecule has 1 rings (SSSR count). The van der Waals surface area contributed by atoms with Crippen LogP contribution in [0.25, 0.3) is 0 Å². The van der Waals surface area contributed by atoms with E-state index < -0.39 is 0 Å². The van der Waals surface area contributed by atoms with Gasteiger partial charge < -0.3 is 5.11 Å². The zero-order chi connectivity index (χ0) is 11.3. The van der Waals surface area contributed by atoms with Crippen LogP contribution in [-0.4, -0.2) is 28.8 Å². The molecule has 0 amide bonds. The van der Waals surface area contributed by atoms with Gasteiger partial charge in [-0.05, 0) is 31.7 Å². The van der Waals surface area contributed by atoms with E-state index in [-0.39, 0.29) is 6.23 Å². The Hall–Kier alpha value is -0.0800. The number of aliphatic hydroxyl groups excluding tert-OH is 1. The van der Waals surface area contributed by atoms with Crippen molar-refractivity contribution < 1.29 is 5.11 Å². The molecular formula is C13H27NO. The van der Waals surface area contributed by atoms with E-state index >= 15 is 0 Å². The van der Waals surface area contributed by atoms with Crippen LogP contribution < -0.4 is 0 Å². The standard InChI is InChI=1S/C13H27NO/c1-4-13(15)14(5-2)12-10-8-6-7-9-11(12)3/h11-13,15H,4-10H2,1-3H3. The summed E-state index contributed by atoms with van der Waals surface area (Å²) < 4.78 is 0. The minimum atomic E-state index is -0.236. The second kappa shape index (κ2) is 6.49. The average Bonchev–Trinajstić information content (AvgIpc) is 2.45. The summed E-state index contributed by atoms with van der Waals surface area (Å²) in [4.78, 5) is 2.30. The van der Waals surface area contributed by atoms with Gasteiger partial charge in [0.15, 0.2) is 0 Å². The highest BCUT2D eigenvalue weighted by atomic mass is 16.3. The van der Waals surface area contributed by atoms with Crippen LogP contribution in [0.1, 0.15) is 59.3 Å². The van der Waals surface area contributed by atoms with Gasteiger partial charge in [-0.3, -0.25) is 4.90 Å². The summed E-state index contributed by atoms with van der Waals surface area (Å²) in [6, 6.07) is 0.604. The van der Waals surface area contributed by atoms with Crippen LogP contribution >= 0.6 is 0 Å². The number of hydrogen-bond acceptors (Lipinski definition) is 2. The van der Waals surface area contributed by atoms with Crippen molar-refractivity contribution in [3.63, 3.8) is 0 Å². The molecule has 0 saturated heterocycles. The maximum Gasteiger partial charge on any atom is 0.107 e. The zero-order valence-corrected chi connectivity index (χ0v) is 10.6. The van der Waals surface area contributed by atoms with Crippen LogP contribution in [0.4, 0.5) is 0 Å². The van der Waals surface area contributed by atoms with Gasteiger partial charge >= 0.3 is 0 Å². The maximum absolute atomic E-state index is 10.0. The Kier molecular flexibility index (Phi) is 5.62. The van der Waals surface area contributed by atoms with Crippen molar-refractivity contribution in [2.45, 2.75) is 71.6 Å². The smallest absolute Gasteiger partial charge is 0.107 e. The molecule has 90 valence electrons. The molecule has 0 aromatic heterocycles. The molecule has 2 nitrogen and oxygen atoms in total. The van der Waals surface area contributed by atoms with Crippen molar-refractivity contribution in [1.29, 1.82) is 0 Å². The second-order valence-corrected chi connectivity index (χ2v) is 4.90. The van der Waals surface area contributed by atoms with Gasteiger partial charge in [0, 0.05) is 6.04 Å². The lowest BCUT2D eigenvalue weighted by molar-refractivity contribution is -0.0395. The van der Waals surface area contributed by atoms with Crippen molar-refractivity contribution in [2.24, 2.45) is 5.92 Å². The first kappa shape index (κ1) is 13.0. The van der Waals surface area contributed by atoms with Crippen LogP contribution in [0.2, 0.25) is 0 Å². The average molecular weight is 213 g/mol. The molecule has 3 unspecified atom stereocenters.